The first-order valence-corrected chi connectivity index (χ1v) is 12.0. The summed E-state index contributed by atoms with van der Waals surface area (Å²) in [5, 5.41) is 0.688. The van der Waals surface area contributed by atoms with E-state index in [-0.39, 0.29) is 0 Å². The van der Waals surface area contributed by atoms with Crippen LogP contribution in [0.1, 0.15) is 21.5 Å². The fourth-order valence-corrected chi connectivity index (χ4v) is 8.80. The number of ketones is 1. The van der Waals surface area contributed by atoms with Crippen LogP contribution in [0.3, 0.4) is 0 Å². The molecule has 2 aromatic carbocycles. The fourth-order valence-electron chi connectivity index (χ4n) is 2.52. The van der Waals surface area contributed by atoms with E-state index in [1.807, 2.05) is 12.1 Å². The molecule has 1 aliphatic heterocycles. The molecule has 3 rings (SSSR count). The number of fused-ring (bicyclic) bond motifs is 1. The molecule has 1 heterocycles. The van der Waals surface area contributed by atoms with Gasteiger partial charge in [0.1, 0.15) is 0 Å². The zero-order valence-corrected chi connectivity index (χ0v) is 14.2. The summed E-state index contributed by atoms with van der Waals surface area (Å²) in [5.74, 6) is 0.303. The molecule has 2 aromatic rings. The van der Waals surface area contributed by atoms with E-state index in [0.717, 1.165) is 10.0 Å². The van der Waals surface area contributed by atoms with Crippen molar-refractivity contribution in [3.8, 4) is 0 Å². The predicted molar refractivity (Wildman–Crippen MR) is 85.0 cm³/mol. The van der Waals surface area contributed by atoms with Crippen molar-refractivity contribution >= 4 is 36.9 Å². The van der Waals surface area contributed by atoms with Crippen molar-refractivity contribution in [1.29, 1.82) is 0 Å². The van der Waals surface area contributed by atoms with Gasteiger partial charge in [0.25, 0.3) is 0 Å². The quantitative estimate of drug-likeness (QED) is 0.554. The standard InChI is InChI=1S/C17H16ClOTe/c18-16-7-5-14(6-8-16)17(19)12-20-10-9-13-3-1-2-4-15(13)11-20/h1-8H,9-12H2/q+1. The number of benzene rings is 2. The van der Waals surface area contributed by atoms with Crippen molar-refractivity contribution < 1.29 is 4.79 Å². The zero-order valence-electron chi connectivity index (χ0n) is 11.1. The Bertz CT molecular complexity index is 621. The molecule has 0 spiro atoms. The van der Waals surface area contributed by atoms with E-state index >= 15 is 0 Å². The van der Waals surface area contributed by atoms with E-state index in [1.165, 1.54) is 26.5 Å². The van der Waals surface area contributed by atoms with Gasteiger partial charge in [0.05, 0.1) is 0 Å². The molecule has 1 aliphatic rings. The van der Waals surface area contributed by atoms with Crippen LogP contribution in [0, 0.1) is 0 Å². The molecule has 3 heteroatoms. The van der Waals surface area contributed by atoms with Gasteiger partial charge < -0.3 is 0 Å². The predicted octanol–water partition coefficient (Wildman–Crippen LogP) is 4.36. The molecule has 0 aliphatic carbocycles. The van der Waals surface area contributed by atoms with Crippen molar-refractivity contribution in [2.24, 2.45) is 0 Å². The van der Waals surface area contributed by atoms with Crippen LogP contribution in [0.5, 0.6) is 0 Å². The van der Waals surface area contributed by atoms with E-state index in [9.17, 15) is 4.79 Å². The molecular weight excluding hydrogens is 383 g/mol. The van der Waals surface area contributed by atoms with E-state index in [1.54, 1.807) is 12.1 Å². The normalized spacial score (nSPS) is 14.8. The van der Waals surface area contributed by atoms with Crippen LogP contribution in [0.4, 0.5) is 0 Å². The van der Waals surface area contributed by atoms with Gasteiger partial charge in [-0.1, -0.05) is 0 Å². The molecule has 0 unspecified atom stereocenters. The Morgan fingerprint density at radius 3 is 2.50 bits per heavy atom. The number of rotatable bonds is 3. The minimum atomic E-state index is -1.31. The van der Waals surface area contributed by atoms with Crippen molar-refractivity contribution in [3.63, 3.8) is 0 Å². The fraction of sp³-hybridized carbons (Fsp3) is 0.235. The third kappa shape index (κ3) is 3.26. The second-order valence-electron chi connectivity index (χ2n) is 5.05. The summed E-state index contributed by atoms with van der Waals surface area (Å²) in [6.07, 6.45) is 1.17. The van der Waals surface area contributed by atoms with Crippen molar-refractivity contribution in [2.75, 3.05) is 0 Å². The second-order valence-corrected chi connectivity index (χ2v) is 11.8. The Balaban J connectivity index is 1.67. The van der Waals surface area contributed by atoms with Crippen LogP contribution in [-0.2, 0) is 10.9 Å². The summed E-state index contributed by atoms with van der Waals surface area (Å²) in [6, 6.07) is 16.0. The van der Waals surface area contributed by atoms with Crippen molar-refractivity contribution in [1.82, 2.24) is 0 Å². The first-order chi connectivity index (χ1) is 9.72. The number of Topliss-reactive ketones (excluding diaryl/α,β-unsaturated/α-hetero) is 1. The number of carbonyl (C=O) groups excluding carboxylic acids is 1. The molecule has 102 valence electrons. The average Bonchev–Trinajstić information content (AvgIpc) is 2.48. The van der Waals surface area contributed by atoms with Gasteiger partial charge in [0.2, 0.25) is 0 Å². The Labute approximate surface area is 131 Å². The molecule has 0 fully saturated rings. The molecule has 0 N–H and O–H groups in total. The Kier molecular flexibility index (Phi) is 4.46. The summed E-state index contributed by atoms with van der Waals surface area (Å²) in [7, 11) is 0. The van der Waals surface area contributed by atoms with Crippen LogP contribution in [-0.4, -0.2) is 25.3 Å². The molecule has 1 nitrogen and oxygen atoms in total. The van der Waals surface area contributed by atoms with Gasteiger partial charge in [-0.25, -0.2) is 0 Å². The maximum absolute atomic E-state index is 12.3. The average molecular weight is 399 g/mol. The van der Waals surface area contributed by atoms with Gasteiger partial charge in [-0.2, -0.15) is 0 Å². The third-order valence-corrected chi connectivity index (χ3v) is 10.1. The third-order valence-electron chi connectivity index (χ3n) is 3.64. The molecule has 20 heavy (non-hydrogen) atoms. The number of hydrogen-bond acceptors (Lipinski definition) is 1. The molecule has 0 atom stereocenters. The van der Waals surface area contributed by atoms with Gasteiger partial charge in [-0.05, 0) is 0 Å². The SMILES string of the molecule is O=C(C[Te+]1CCc2ccccc2C1)c1ccc(Cl)cc1. The Hall–Kier alpha value is -0.810. The van der Waals surface area contributed by atoms with Gasteiger partial charge >= 0.3 is 132 Å². The number of halogens is 1. The number of hydrogen-bond donors (Lipinski definition) is 0. The van der Waals surface area contributed by atoms with Crippen molar-refractivity contribution in [3.05, 3.63) is 70.2 Å². The van der Waals surface area contributed by atoms with Gasteiger partial charge in [-0.3, -0.25) is 0 Å². The number of aryl methyl sites for hydroxylation is 1. The molecular formula is C17H16ClOTe+. The van der Waals surface area contributed by atoms with E-state index in [0.29, 0.717) is 10.8 Å². The maximum atomic E-state index is 12.3. The van der Waals surface area contributed by atoms with Crippen LogP contribution in [0.2, 0.25) is 14.0 Å². The van der Waals surface area contributed by atoms with Gasteiger partial charge in [0.15, 0.2) is 0 Å². The van der Waals surface area contributed by atoms with Gasteiger partial charge in [0, 0.05) is 0 Å². The Morgan fingerprint density at radius 1 is 1.05 bits per heavy atom. The topological polar surface area (TPSA) is 17.1 Å². The monoisotopic (exact) mass is 401 g/mol. The number of carbonyl (C=O) groups is 1. The first kappa shape index (κ1) is 14.1. The van der Waals surface area contributed by atoms with Crippen molar-refractivity contribution in [2.45, 2.75) is 19.8 Å². The molecule has 0 amide bonds. The summed E-state index contributed by atoms with van der Waals surface area (Å²) in [6.45, 7) is 0. The summed E-state index contributed by atoms with van der Waals surface area (Å²) >= 11 is 4.55. The van der Waals surface area contributed by atoms with E-state index in [4.69, 9.17) is 11.6 Å². The van der Waals surface area contributed by atoms with Crippen LogP contribution in [0.15, 0.2) is 48.5 Å². The molecule has 0 saturated heterocycles. The molecule has 0 radical (unpaired) electrons. The van der Waals surface area contributed by atoms with Crippen LogP contribution in [0.25, 0.3) is 0 Å². The van der Waals surface area contributed by atoms with Gasteiger partial charge in [-0.15, -0.1) is 0 Å². The zero-order chi connectivity index (χ0) is 13.9. The van der Waals surface area contributed by atoms with Crippen LogP contribution >= 0.6 is 11.6 Å². The Morgan fingerprint density at radius 2 is 1.75 bits per heavy atom. The first-order valence-electron chi connectivity index (χ1n) is 6.72. The molecule has 0 bridgehead atoms. The second kappa shape index (κ2) is 6.31. The van der Waals surface area contributed by atoms with E-state index in [2.05, 4.69) is 24.3 Å². The summed E-state index contributed by atoms with van der Waals surface area (Å²) in [5.41, 5.74) is 3.79. The minimum absolute atomic E-state index is 0.303. The van der Waals surface area contributed by atoms with Crippen LogP contribution < -0.4 is 0 Å². The molecule has 0 saturated carbocycles. The summed E-state index contributed by atoms with van der Waals surface area (Å²) < 4.78 is 3.28. The van der Waals surface area contributed by atoms with E-state index < -0.39 is 19.6 Å². The molecule has 0 aromatic heterocycles. The summed E-state index contributed by atoms with van der Waals surface area (Å²) in [4.78, 5) is 12.3.